The Kier molecular flexibility index (Phi) is 5.34. The standard InChI is InChI=1S/C18H20N4O2S3/c1-3-22-16(24)14-12-6-4-5-7-13(12)27-15(14)21-18(22)26-9-11-8-25-17(20-11)19-10(2)23/h8H,3-7,9H2,1-2H3,(H,19,20,23). The fourth-order valence-corrected chi connectivity index (χ4v) is 6.45. The van der Waals surface area contributed by atoms with Gasteiger partial charge in [-0.05, 0) is 38.2 Å². The Morgan fingerprint density at radius 3 is 2.93 bits per heavy atom. The Balaban J connectivity index is 1.64. The van der Waals surface area contributed by atoms with E-state index in [0.29, 0.717) is 17.4 Å². The molecule has 0 spiro atoms. The smallest absolute Gasteiger partial charge is 0.263 e. The van der Waals surface area contributed by atoms with Crippen LogP contribution in [0.25, 0.3) is 10.2 Å². The van der Waals surface area contributed by atoms with Crippen LogP contribution in [-0.4, -0.2) is 20.4 Å². The number of nitrogens with one attached hydrogen (secondary N) is 1. The third-order valence-electron chi connectivity index (χ3n) is 4.54. The molecule has 0 radical (unpaired) electrons. The summed E-state index contributed by atoms with van der Waals surface area (Å²) in [5.41, 5.74) is 2.19. The Hall–Kier alpha value is -1.71. The molecular formula is C18H20N4O2S3. The van der Waals surface area contributed by atoms with Crippen LogP contribution in [0.1, 0.15) is 42.8 Å². The molecule has 1 N–H and O–H groups in total. The highest BCUT2D eigenvalue weighted by molar-refractivity contribution is 7.98. The lowest BCUT2D eigenvalue weighted by molar-refractivity contribution is -0.114. The van der Waals surface area contributed by atoms with Crippen LogP contribution in [0.5, 0.6) is 0 Å². The lowest BCUT2D eigenvalue weighted by atomic mass is 9.97. The van der Waals surface area contributed by atoms with Gasteiger partial charge in [0, 0.05) is 29.5 Å². The molecule has 1 aliphatic carbocycles. The van der Waals surface area contributed by atoms with E-state index in [4.69, 9.17) is 4.98 Å². The molecule has 1 aliphatic rings. The zero-order chi connectivity index (χ0) is 19.0. The average molecular weight is 421 g/mol. The summed E-state index contributed by atoms with van der Waals surface area (Å²) in [5.74, 6) is 0.483. The van der Waals surface area contributed by atoms with E-state index in [-0.39, 0.29) is 11.5 Å². The molecule has 4 rings (SSSR count). The average Bonchev–Trinajstić information content (AvgIpc) is 3.23. The lowest BCUT2D eigenvalue weighted by Gasteiger charge is -2.11. The molecule has 3 aromatic heterocycles. The molecule has 0 fully saturated rings. The van der Waals surface area contributed by atoms with Crippen molar-refractivity contribution in [3.05, 3.63) is 31.9 Å². The van der Waals surface area contributed by atoms with Crippen LogP contribution >= 0.6 is 34.4 Å². The van der Waals surface area contributed by atoms with E-state index in [0.717, 1.165) is 40.3 Å². The maximum atomic E-state index is 13.1. The van der Waals surface area contributed by atoms with Gasteiger partial charge in [-0.2, -0.15) is 0 Å². The highest BCUT2D eigenvalue weighted by Gasteiger charge is 2.22. The molecule has 0 aliphatic heterocycles. The van der Waals surface area contributed by atoms with Crippen molar-refractivity contribution >= 4 is 55.7 Å². The minimum atomic E-state index is -0.128. The van der Waals surface area contributed by atoms with Crippen molar-refractivity contribution in [2.24, 2.45) is 0 Å². The summed E-state index contributed by atoms with van der Waals surface area (Å²) in [7, 11) is 0. The molecule has 1 amide bonds. The molecule has 6 nitrogen and oxygen atoms in total. The number of thiophene rings is 1. The minimum Gasteiger partial charge on any atom is -0.302 e. The molecule has 3 aromatic rings. The van der Waals surface area contributed by atoms with Crippen LogP contribution in [0.15, 0.2) is 15.3 Å². The summed E-state index contributed by atoms with van der Waals surface area (Å²) in [4.78, 5) is 35.7. The fourth-order valence-electron chi connectivity index (χ4n) is 3.33. The van der Waals surface area contributed by atoms with E-state index in [1.165, 1.54) is 46.9 Å². The predicted octanol–water partition coefficient (Wildman–Crippen LogP) is 4.06. The second kappa shape index (κ2) is 7.73. The number of hydrogen-bond donors (Lipinski definition) is 1. The van der Waals surface area contributed by atoms with Crippen LogP contribution < -0.4 is 10.9 Å². The Morgan fingerprint density at radius 1 is 1.33 bits per heavy atom. The van der Waals surface area contributed by atoms with Crippen molar-refractivity contribution in [3.8, 4) is 0 Å². The van der Waals surface area contributed by atoms with Crippen LogP contribution in [0.2, 0.25) is 0 Å². The van der Waals surface area contributed by atoms with Gasteiger partial charge in [-0.25, -0.2) is 9.97 Å². The number of thioether (sulfide) groups is 1. The molecule has 9 heteroatoms. The van der Waals surface area contributed by atoms with E-state index in [2.05, 4.69) is 10.3 Å². The molecule has 3 heterocycles. The summed E-state index contributed by atoms with van der Waals surface area (Å²) >= 11 is 4.61. The van der Waals surface area contributed by atoms with Crippen LogP contribution in [0, 0.1) is 0 Å². The summed E-state index contributed by atoms with van der Waals surface area (Å²) in [6.45, 7) is 4.05. The number of anilines is 1. The van der Waals surface area contributed by atoms with Crippen LogP contribution in [0.4, 0.5) is 5.13 Å². The number of thiazole rings is 1. The SMILES string of the molecule is CCn1c(SCc2csc(NC(C)=O)n2)nc2sc3c(c2c1=O)CCCC3. The zero-order valence-electron chi connectivity index (χ0n) is 15.2. The number of aromatic nitrogens is 3. The molecule has 0 atom stereocenters. The second-order valence-electron chi connectivity index (χ2n) is 6.45. The topological polar surface area (TPSA) is 76.9 Å². The van der Waals surface area contributed by atoms with E-state index in [1.807, 2.05) is 12.3 Å². The van der Waals surface area contributed by atoms with Crippen LogP contribution in [-0.2, 0) is 29.9 Å². The van der Waals surface area contributed by atoms with Gasteiger partial charge >= 0.3 is 0 Å². The molecule has 0 saturated carbocycles. The van der Waals surface area contributed by atoms with Crippen molar-refractivity contribution in [1.29, 1.82) is 0 Å². The first-order valence-corrected chi connectivity index (χ1v) is 11.6. The van der Waals surface area contributed by atoms with E-state index < -0.39 is 0 Å². The molecule has 0 saturated heterocycles. The molecule has 27 heavy (non-hydrogen) atoms. The van der Waals surface area contributed by atoms with Gasteiger partial charge in [-0.3, -0.25) is 14.2 Å². The van der Waals surface area contributed by atoms with Gasteiger partial charge in [0.05, 0.1) is 11.1 Å². The number of fused-ring (bicyclic) bond motifs is 3. The number of amides is 1. The highest BCUT2D eigenvalue weighted by atomic mass is 32.2. The predicted molar refractivity (Wildman–Crippen MR) is 112 cm³/mol. The first-order valence-electron chi connectivity index (χ1n) is 8.96. The van der Waals surface area contributed by atoms with Crippen molar-refractivity contribution in [3.63, 3.8) is 0 Å². The number of hydrogen-bond acceptors (Lipinski definition) is 7. The van der Waals surface area contributed by atoms with Gasteiger partial charge in [0.2, 0.25) is 5.91 Å². The van der Waals surface area contributed by atoms with Gasteiger partial charge in [-0.15, -0.1) is 22.7 Å². The monoisotopic (exact) mass is 420 g/mol. The Bertz CT molecular complexity index is 1070. The van der Waals surface area contributed by atoms with Gasteiger partial charge in [0.1, 0.15) is 4.83 Å². The zero-order valence-corrected chi connectivity index (χ0v) is 17.7. The van der Waals surface area contributed by atoms with Crippen molar-refractivity contribution in [2.75, 3.05) is 5.32 Å². The van der Waals surface area contributed by atoms with Crippen molar-refractivity contribution in [2.45, 2.75) is 57.0 Å². The quantitative estimate of drug-likeness (QED) is 0.497. The van der Waals surface area contributed by atoms with Gasteiger partial charge < -0.3 is 5.32 Å². The first-order chi connectivity index (χ1) is 13.1. The fraction of sp³-hybridized carbons (Fsp3) is 0.444. The summed E-state index contributed by atoms with van der Waals surface area (Å²) in [6.07, 6.45) is 4.41. The Labute approximate surface area is 169 Å². The van der Waals surface area contributed by atoms with Crippen LogP contribution in [0.3, 0.4) is 0 Å². The summed E-state index contributed by atoms with van der Waals surface area (Å²) < 4.78 is 1.77. The third kappa shape index (κ3) is 3.68. The maximum absolute atomic E-state index is 13.1. The molecule has 0 aromatic carbocycles. The summed E-state index contributed by atoms with van der Waals surface area (Å²) in [6, 6.07) is 0. The highest BCUT2D eigenvalue weighted by Crippen LogP contribution is 2.35. The second-order valence-corrected chi connectivity index (χ2v) is 9.33. The van der Waals surface area contributed by atoms with Gasteiger partial charge in [0.15, 0.2) is 10.3 Å². The van der Waals surface area contributed by atoms with Gasteiger partial charge in [-0.1, -0.05) is 11.8 Å². The third-order valence-corrected chi connectivity index (χ3v) is 7.54. The first kappa shape index (κ1) is 18.6. The number of nitrogens with zero attached hydrogens (tertiary/aromatic N) is 3. The summed E-state index contributed by atoms with van der Waals surface area (Å²) in [5, 5.41) is 6.79. The largest absolute Gasteiger partial charge is 0.302 e. The van der Waals surface area contributed by atoms with Gasteiger partial charge in [0.25, 0.3) is 5.56 Å². The van der Waals surface area contributed by atoms with Crippen molar-refractivity contribution in [1.82, 2.24) is 14.5 Å². The number of aryl methyl sites for hydroxylation is 2. The van der Waals surface area contributed by atoms with E-state index >= 15 is 0 Å². The van der Waals surface area contributed by atoms with E-state index in [1.54, 1.807) is 15.9 Å². The van der Waals surface area contributed by atoms with E-state index in [9.17, 15) is 9.59 Å². The van der Waals surface area contributed by atoms with Crippen molar-refractivity contribution < 1.29 is 4.79 Å². The number of carbonyl (C=O) groups excluding carboxylic acids is 1. The number of carbonyl (C=O) groups is 1. The normalized spacial score (nSPS) is 13.7. The Morgan fingerprint density at radius 2 is 2.15 bits per heavy atom. The minimum absolute atomic E-state index is 0.0848. The molecule has 0 unspecified atom stereocenters. The lowest BCUT2D eigenvalue weighted by Crippen LogP contribution is -2.23. The molecular weight excluding hydrogens is 400 g/mol. The molecule has 142 valence electrons. The number of rotatable bonds is 5. The molecule has 0 bridgehead atoms. The maximum Gasteiger partial charge on any atom is 0.263 e.